The van der Waals surface area contributed by atoms with Gasteiger partial charge in [0.15, 0.2) is 0 Å². The van der Waals surface area contributed by atoms with Crippen molar-refractivity contribution in [1.82, 2.24) is 10.2 Å². The van der Waals surface area contributed by atoms with Gasteiger partial charge in [0.1, 0.15) is 11.3 Å². The van der Waals surface area contributed by atoms with Gasteiger partial charge in [0.05, 0.1) is 5.69 Å². The number of benzene rings is 1. The summed E-state index contributed by atoms with van der Waals surface area (Å²) in [4.78, 5) is 11.6. The molecule has 0 saturated heterocycles. The van der Waals surface area contributed by atoms with Gasteiger partial charge in [-0.3, -0.25) is 0 Å². The van der Waals surface area contributed by atoms with Gasteiger partial charge in [0.25, 0.3) is 5.88 Å². The van der Waals surface area contributed by atoms with Crippen LogP contribution < -0.4 is 4.74 Å². The van der Waals surface area contributed by atoms with Crippen molar-refractivity contribution in [1.29, 1.82) is 0 Å². The Hall–Kier alpha value is -2.43. The highest BCUT2D eigenvalue weighted by Crippen LogP contribution is 2.27. The molecule has 1 heterocycles. The van der Waals surface area contributed by atoms with Crippen molar-refractivity contribution in [3.63, 3.8) is 0 Å². The molecule has 1 aromatic carbocycles. The van der Waals surface area contributed by atoms with Gasteiger partial charge in [-0.05, 0) is 37.5 Å². The molecule has 0 unspecified atom stereocenters. The maximum absolute atomic E-state index is 11.6. The van der Waals surface area contributed by atoms with Crippen LogP contribution in [0.1, 0.15) is 41.0 Å². The predicted octanol–water partition coefficient (Wildman–Crippen LogP) is 3.40. The van der Waals surface area contributed by atoms with Gasteiger partial charge >= 0.3 is 5.97 Å². The van der Waals surface area contributed by atoms with Crippen LogP contribution in [0, 0.1) is 6.92 Å². The van der Waals surface area contributed by atoms with Gasteiger partial charge < -0.3 is 9.84 Å². The number of rotatable bonds is 5. The van der Waals surface area contributed by atoms with Crippen molar-refractivity contribution < 1.29 is 14.6 Å². The molecule has 2 aromatic rings. The fraction of sp³-hybridized carbons (Fsp3) is 0.312. The minimum Gasteiger partial charge on any atom is -0.477 e. The zero-order valence-corrected chi connectivity index (χ0v) is 12.4. The van der Waals surface area contributed by atoms with Gasteiger partial charge in [-0.25, -0.2) is 4.79 Å². The van der Waals surface area contributed by atoms with Crippen LogP contribution in [0.5, 0.6) is 11.6 Å². The third-order valence-electron chi connectivity index (χ3n) is 3.26. The van der Waals surface area contributed by atoms with E-state index in [1.54, 1.807) is 12.1 Å². The van der Waals surface area contributed by atoms with Gasteiger partial charge in [-0.2, -0.15) is 5.10 Å². The third kappa shape index (κ3) is 3.18. The predicted molar refractivity (Wildman–Crippen MR) is 79.0 cm³/mol. The number of nitrogens with zero attached hydrogens (tertiary/aromatic N) is 2. The van der Waals surface area contributed by atoms with E-state index in [1.165, 1.54) is 0 Å². The summed E-state index contributed by atoms with van der Waals surface area (Å²) in [5, 5.41) is 17.5. The van der Waals surface area contributed by atoms with Crippen molar-refractivity contribution in [2.75, 3.05) is 0 Å². The summed E-state index contributed by atoms with van der Waals surface area (Å²) in [5.74, 6) is -0.456. The van der Waals surface area contributed by atoms with E-state index in [0.717, 1.165) is 5.56 Å². The summed E-state index contributed by atoms with van der Waals surface area (Å²) in [5.41, 5.74) is 2.58. The van der Waals surface area contributed by atoms with E-state index in [4.69, 9.17) is 4.74 Å². The first kappa shape index (κ1) is 15.0. The largest absolute Gasteiger partial charge is 0.477 e. The maximum Gasteiger partial charge on any atom is 0.341 e. The van der Waals surface area contributed by atoms with Crippen LogP contribution in [0.4, 0.5) is 0 Å². The lowest BCUT2D eigenvalue weighted by molar-refractivity contribution is 0.0691. The molecule has 0 saturated carbocycles. The van der Waals surface area contributed by atoms with E-state index in [2.05, 4.69) is 10.2 Å². The third-order valence-corrected chi connectivity index (χ3v) is 3.26. The van der Waals surface area contributed by atoms with Crippen LogP contribution in [-0.4, -0.2) is 21.3 Å². The van der Waals surface area contributed by atoms with Crippen molar-refractivity contribution >= 4 is 5.97 Å². The fourth-order valence-electron chi connectivity index (χ4n) is 2.16. The topological polar surface area (TPSA) is 72.3 Å². The van der Waals surface area contributed by atoms with E-state index in [-0.39, 0.29) is 11.4 Å². The monoisotopic (exact) mass is 286 g/mol. The highest BCUT2D eigenvalue weighted by Gasteiger charge is 2.21. The minimum absolute atomic E-state index is 0.0420. The molecule has 0 spiro atoms. The summed E-state index contributed by atoms with van der Waals surface area (Å²) < 4.78 is 5.61. The number of carboxylic acids is 1. The Kier molecular flexibility index (Phi) is 4.52. The summed E-state index contributed by atoms with van der Waals surface area (Å²) in [6.07, 6.45) is 1.21. The average Bonchev–Trinajstić information content (AvgIpc) is 2.48. The number of aromatic nitrogens is 2. The van der Waals surface area contributed by atoms with Gasteiger partial charge in [0.2, 0.25) is 0 Å². The van der Waals surface area contributed by atoms with Crippen LogP contribution in [0.3, 0.4) is 0 Å². The summed E-state index contributed by atoms with van der Waals surface area (Å²) in [6.45, 7) is 5.80. The molecule has 0 atom stereocenters. The van der Waals surface area contributed by atoms with Crippen molar-refractivity contribution in [3.05, 3.63) is 46.6 Å². The standard InChI is InChI=1S/C16H18N2O3/c1-4-12-13(5-2)17-18-15(14(12)16(19)20)21-11-8-6-10(3)7-9-11/h6-9H,4-5H2,1-3H3,(H,19,20). The smallest absolute Gasteiger partial charge is 0.341 e. The van der Waals surface area contributed by atoms with Crippen LogP contribution in [0.2, 0.25) is 0 Å². The molecule has 0 amide bonds. The minimum atomic E-state index is -1.04. The lowest BCUT2D eigenvalue weighted by Gasteiger charge is -2.12. The second kappa shape index (κ2) is 6.35. The Morgan fingerprint density at radius 2 is 1.81 bits per heavy atom. The molecular formula is C16H18N2O3. The van der Waals surface area contributed by atoms with Gasteiger partial charge in [-0.15, -0.1) is 5.10 Å². The fourth-order valence-corrected chi connectivity index (χ4v) is 2.16. The summed E-state index contributed by atoms with van der Waals surface area (Å²) in [7, 11) is 0. The van der Waals surface area contributed by atoms with Crippen LogP contribution in [0.15, 0.2) is 24.3 Å². The molecule has 5 nitrogen and oxygen atoms in total. The van der Waals surface area contributed by atoms with Crippen LogP contribution >= 0.6 is 0 Å². The van der Waals surface area contributed by atoms with Crippen molar-refractivity contribution in [2.45, 2.75) is 33.6 Å². The van der Waals surface area contributed by atoms with Crippen molar-refractivity contribution in [2.24, 2.45) is 0 Å². The first-order valence-corrected chi connectivity index (χ1v) is 6.93. The lowest BCUT2D eigenvalue weighted by Crippen LogP contribution is -2.11. The van der Waals surface area contributed by atoms with Crippen LogP contribution in [-0.2, 0) is 12.8 Å². The molecule has 5 heteroatoms. The molecule has 0 fully saturated rings. The van der Waals surface area contributed by atoms with Crippen molar-refractivity contribution in [3.8, 4) is 11.6 Å². The molecule has 110 valence electrons. The summed E-state index contributed by atoms with van der Waals surface area (Å²) in [6, 6.07) is 7.35. The van der Waals surface area contributed by atoms with E-state index < -0.39 is 5.97 Å². The molecule has 0 bridgehead atoms. The Labute approximate surface area is 123 Å². The number of carboxylic acid groups (broad SMARTS) is 1. The summed E-state index contributed by atoms with van der Waals surface area (Å²) >= 11 is 0. The Morgan fingerprint density at radius 3 is 2.33 bits per heavy atom. The molecule has 1 N–H and O–H groups in total. The quantitative estimate of drug-likeness (QED) is 0.912. The van der Waals surface area contributed by atoms with E-state index in [1.807, 2.05) is 32.9 Å². The number of carbonyl (C=O) groups is 1. The number of aryl methyl sites for hydroxylation is 2. The Morgan fingerprint density at radius 1 is 1.14 bits per heavy atom. The zero-order valence-electron chi connectivity index (χ0n) is 12.4. The molecule has 0 aliphatic carbocycles. The molecule has 21 heavy (non-hydrogen) atoms. The number of hydrogen-bond acceptors (Lipinski definition) is 4. The first-order valence-electron chi connectivity index (χ1n) is 6.93. The molecule has 0 aliphatic heterocycles. The maximum atomic E-state index is 11.6. The number of hydrogen-bond donors (Lipinski definition) is 1. The Balaban J connectivity index is 2.48. The number of aromatic carboxylic acids is 1. The average molecular weight is 286 g/mol. The second-order valence-corrected chi connectivity index (χ2v) is 4.73. The molecule has 0 radical (unpaired) electrons. The number of ether oxygens (including phenoxy) is 1. The molecule has 0 aliphatic rings. The zero-order chi connectivity index (χ0) is 15.4. The highest BCUT2D eigenvalue weighted by atomic mass is 16.5. The van der Waals surface area contributed by atoms with E-state index in [0.29, 0.717) is 29.8 Å². The Bertz CT molecular complexity index is 651. The highest BCUT2D eigenvalue weighted by molar-refractivity contribution is 5.92. The molecular weight excluding hydrogens is 268 g/mol. The van der Waals surface area contributed by atoms with Crippen LogP contribution in [0.25, 0.3) is 0 Å². The second-order valence-electron chi connectivity index (χ2n) is 4.73. The molecule has 2 rings (SSSR count). The van der Waals surface area contributed by atoms with E-state index >= 15 is 0 Å². The molecule has 1 aromatic heterocycles. The first-order chi connectivity index (χ1) is 10.1. The van der Waals surface area contributed by atoms with Gasteiger partial charge in [-0.1, -0.05) is 31.5 Å². The SMILES string of the molecule is CCc1nnc(Oc2ccc(C)cc2)c(C(=O)O)c1CC. The van der Waals surface area contributed by atoms with Gasteiger partial charge in [0, 0.05) is 0 Å². The van der Waals surface area contributed by atoms with E-state index in [9.17, 15) is 9.90 Å². The lowest BCUT2D eigenvalue weighted by atomic mass is 10.0. The normalized spacial score (nSPS) is 10.4.